The molecule has 0 bridgehead atoms. The number of nitrogens with zero attached hydrogens (tertiary/aromatic N) is 8. The molecule has 45 heavy (non-hydrogen) atoms. The number of hydrogen-bond acceptors (Lipinski definition) is 8. The van der Waals surface area contributed by atoms with Gasteiger partial charge >= 0.3 is 0 Å². The maximum Gasteiger partial charge on any atom is 0.178 e. The van der Waals surface area contributed by atoms with Crippen LogP contribution < -0.4 is 11.0 Å². The summed E-state index contributed by atoms with van der Waals surface area (Å²) in [6, 6.07) is 0.728. The molecule has 4 aromatic heterocycles. The molecular formula is C33H46N10S2. The Kier molecular flexibility index (Phi) is 8.53. The Morgan fingerprint density at radius 3 is 1.42 bits per heavy atom. The number of imidazole rings is 2. The van der Waals surface area contributed by atoms with Crippen LogP contribution in [0.2, 0.25) is 0 Å². The summed E-state index contributed by atoms with van der Waals surface area (Å²) in [4.78, 5) is 38.5. The van der Waals surface area contributed by atoms with E-state index in [-0.39, 0.29) is 0 Å². The molecule has 0 unspecified atom stereocenters. The number of rotatable bonds is 12. The summed E-state index contributed by atoms with van der Waals surface area (Å²) in [5.41, 5.74) is 5.76. The highest BCUT2D eigenvalue weighted by Crippen LogP contribution is 2.40. The fourth-order valence-corrected chi connectivity index (χ4v) is 9.01. The van der Waals surface area contributed by atoms with E-state index in [1.165, 1.54) is 51.4 Å². The monoisotopic (exact) mass is 646 g/mol. The van der Waals surface area contributed by atoms with Crippen molar-refractivity contribution in [3.63, 3.8) is 0 Å². The van der Waals surface area contributed by atoms with Crippen LogP contribution in [-0.4, -0.2) is 56.2 Å². The van der Waals surface area contributed by atoms with Gasteiger partial charge in [0.1, 0.15) is 22.7 Å². The lowest BCUT2D eigenvalue weighted by Gasteiger charge is -2.15. The van der Waals surface area contributed by atoms with Gasteiger partial charge in [0, 0.05) is 24.9 Å². The second kappa shape index (κ2) is 12.9. The fraction of sp³-hybridized carbons (Fsp3) is 0.697. The second-order valence-corrected chi connectivity index (χ2v) is 15.7. The molecule has 4 heterocycles. The molecule has 4 aliphatic carbocycles. The molecule has 0 saturated heterocycles. The molecule has 4 aliphatic rings. The van der Waals surface area contributed by atoms with Crippen molar-refractivity contribution < 1.29 is 0 Å². The highest BCUT2D eigenvalue weighted by molar-refractivity contribution is 8.15. The standard InChI is InChI=1S/C33H46N10S2/c1-3-17-42-30-24(36-26(38-30)20-13-14-20)28(34-22-9-5-6-10-22)40-32(42)44-19-45-33-41-29(35-23-11-7-8-12-23)25-31(43(33)18-4-2)39-27(37-25)21-15-16-21/h20-23H,3-19H2,1-2H3,(H,36,38)(H,37,39). The molecule has 0 spiro atoms. The minimum atomic E-state index is 0.364. The predicted molar refractivity (Wildman–Crippen MR) is 181 cm³/mol. The van der Waals surface area contributed by atoms with Gasteiger partial charge in [-0.2, -0.15) is 0 Å². The van der Waals surface area contributed by atoms with Crippen molar-refractivity contribution in [3.05, 3.63) is 22.6 Å². The number of hydrogen-bond donors (Lipinski definition) is 2. The zero-order chi connectivity index (χ0) is 30.3. The summed E-state index contributed by atoms with van der Waals surface area (Å²) in [6.07, 6.45) is 16.6. The van der Waals surface area contributed by atoms with Gasteiger partial charge in [0.25, 0.3) is 0 Å². The zero-order valence-corrected chi connectivity index (χ0v) is 28.4. The van der Waals surface area contributed by atoms with Crippen LogP contribution in [0, 0.1) is 0 Å². The van der Waals surface area contributed by atoms with Crippen LogP contribution in [0.5, 0.6) is 0 Å². The van der Waals surface area contributed by atoms with Crippen molar-refractivity contribution in [2.24, 2.45) is 9.98 Å². The third-order valence-electron chi connectivity index (χ3n) is 9.69. The van der Waals surface area contributed by atoms with Crippen molar-refractivity contribution in [1.82, 2.24) is 39.0 Å². The van der Waals surface area contributed by atoms with Gasteiger partial charge in [0.05, 0.1) is 17.2 Å². The van der Waals surface area contributed by atoms with Crippen molar-refractivity contribution >= 4 is 45.9 Å². The Morgan fingerprint density at radius 2 is 1.04 bits per heavy atom. The van der Waals surface area contributed by atoms with Crippen LogP contribution in [0.3, 0.4) is 0 Å². The Bertz CT molecular complexity index is 1680. The summed E-state index contributed by atoms with van der Waals surface area (Å²) in [5, 5.41) is 2.78. The van der Waals surface area contributed by atoms with E-state index in [4.69, 9.17) is 29.9 Å². The van der Waals surface area contributed by atoms with Crippen LogP contribution in [-0.2, 0) is 13.1 Å². The van der Waals surface area contributed by atoms with Crippen molar-refractivity contribution in [1.29, 1.82) is 0 Å². The average Bonchev–Trinajstić information content (AvgIpc) is 3.80. The summed E-state index contributed by atoms with van der Waals surface area (Å²) in [5.74, 6) is 3.33. The van der Waals surface area contributed by atoms with Crippen LogP contribution in [0.4, 0.5) is 0 Å². The van der Waals surface area contributed by atoms with Gasteiger partial charge in [0.2, 0.25) is 0 Å². The molecule has 4 aromatic rings. The molecule has 0 aromatic carbocycles. The number of nitrogens with one attached hydrogen (secondary N) is 2. The lowest BCUT2D eigenvalue weighted by Crippen LogP contribution is -2.21. The quantitative estimate of drug-likeness (QED) is 0.0979. The zero-order valence-electron chi connectivity index (χ0n) is 26.7. The van der Waals surface area contributed by atoms with E-state index in [1.807, 2.05) is 0 Å². The lowest BCUT2D eigenvalue weighted by atomic mass is 10.3. The number of fused-ring (bicyclic) bond motifs is 2. The molecule has 4 fully saturated rings. The first-order valence-electron chi connectivity index (χ1n) is 17.5. The van der Waals surface area contributed by atoms with Crippen molar-refractivity contribution in [2.75, 3.05) is 5.08 Å². The number of aromatic amines is 2. The summed E-state index contributed by atoms with van der Waals surface area (Å²) >= 11 is 3.56. The minimum absolute atomic E-state index is 0.364. The van der Waals surface area contributed by atoms with Gasteiger partial charge in [-0.15, -0.1) is 0 Å². The molecule has 8 rings (SSSR count). The van der Waals surface area contributed by atoms with E-state index in [9.17, 15) is 0 Å². The molecule has 4 saturated carbocycles. The lowest BCUT2D eigenvalue weighted by molar-refractivity contribution is 0.602. The summed E-state index contributed by atoms with van der Waals surface area (Å²) < 4.78 is 4.65. The third-order valence-corrected chi connectivity index (χ3v) is 11.8. The number of aryl methyl sites for hydroxylation is 2. The Morgan fingerprint density at radius 1 is 0.622 bits per heavy atom. The first-order valence-corrected chi connectivity index (χ1v) is 19.5. The van der Waals surface area contributed by atoms with Crippen LogP contribution in [0.15, 0.2) is 20.3 Å². The molecule has 0 aliphatic heterocycles. The van der Waals surface area contributed by atoms with E-state index in [0.717, 1.165) is 112 Å². The maximum absolute atomic E-state index is 5.24. The Balaban J connectivity index is 1.16. The first-order chi connectivity index (χ1) is 22.2. The molecule has 2 N–H and O–H groups in total. The molecule has 240 valence electrons. The van der Waals surface area contributed by atoms with Gasteiger partial charge < -0.3 is 19.1 Å². The first kappa shape index (κ1) is 29.8. The topological polar surface area (TPSA) is 118 Å². The minimum Gasteiger partial charge on any atom is -0.337 e. The molecule has 0 atom stereocenters. The Labute approximate surface area is 272 Å². The van der Waals surface area contributed by atoms with Gasteiger partial charge in [-0.1, -0.05) is 63.1 Å². The van der Waals surface area contributed by atoms with E-state index in [0.29, 0.717) is 23.9 Å². The SMILES string of the molecule is CCCn1c(SCSc2nc(=NC3CCCC3)c3[nH]c(C4CC4)nc3n2CCC)nc(=NC2CCCC2)c2[nH]c(C3CC3)nc21. The van der Waals surface area contributed by atoms with Gasteiger partial charge in [0.15, 0.2) is 32.6 Å². The maximum atomic E-state index is 5.24. The number of thioether (sulfide) groups is 2. The molecule has 0 amide bonds. The number of H-pyrrole nitrogens is 2. The van der Waals surface area contributed by atoms with Crippen LogP contribution in [0.1, 0.15) is 127 Å². The van der Waals surface area contributed by atoms with Crippen molar-refractivity contribution in [2.45, 2.75) is 151 Å². The van der Waals surface area contributed by atoms with Gasteiger partial charge in [-0.25, -0.2) is 19.9 Å². The van der Waals surface area contributed by atoms with Gasteiger partial charge in [-0.05, 0) is 64.2 Å². The summed E-state index contributed by atoms with van der Waals surface area (Å²) in [6.45, 7) is 6.23. The highest BCUT2D eigenvalue weighted by atomic mass is 32.2. The normalized spacial score (nSPS) is 20.6. The van der Waals surface area contributed by atoms with E-state index >= 15 is 0 Å². The van der Waals surface area contributed by atoms with Crippen LogP contribution in [0.25, 0.3) is 22.3 Å². The summed E-state index contributed by atoms with van der Waals surface area (Å²) in [7, 11) is 0. The largest absolute Gasteiger partial charge is 0.337 e. The molecule has 0 radical (unpaired) electrons. The van der Waals surface area contributed by atoms with Crippen molar-refractivity contribution in [3.8, 4) is 0 Å². The molecular weight excluding hydrogens is 601 g/mol. The molecule has 12 heteroatoms. The fourth-order valence-electron chi connectivity index (χ4n) is 6.97. The van der Waals surface area contributed by atoms with Crippen LogP contribution >= 0.6 is 23.5 Å². The van der Waals surface area contributed by atoms with E-state index < -0.39 is 0 Å². The third kappa shape index (κ3) is 6.25. The average molecular weight is 647 g/mol. The predicted octanol–water partition coefficient (Wildman–Crippen LogP) is 6.94. The van der Waals surface area contributed by atoms with Gasteiger partial charge in [-0.3, -0.25) is 9.98 Å². The number of aromatic nitrogens is 8. The Hall–Kier alpha value is -2.60. The van der Waals surface area contributed by atoms with E-state index in [1.54, 1.807) is 23.5 Å². The second-order valence-electron chi connectivity index (χ2n) is 13.5. The molecule has 10 nitrogen and oxygen atoms in total. The smallest absolute Gasteiger partial charge is 0.178 e. The highest BCUT2D eigenvalue weighted by Gasteiger charge is 2.30. The van der Waals surface area contributed by atoms with E-state index in [2.05, 4.69) is 32.9 Å².